The SMILES string of the molecule is CO.COC(=O)CCCCCC[C@@H]1[C@@H](/C=C/C(=O)C(F)(F)c2ccccc2)[C@H](OC2CCCCO2)C[C@@H]1OC(C)=O.COP(C)CC(=O)C(F)(F)c1ccccc1.O=O. The van der Waals surface area contributed by atoms with Gasteiger partial charge in [-0.1, -0.05) is 86.0 Å². The predicted octanol–water partition coefficient (Wildman–Crippen LogP) is 8.59. The number of halogens is 4. The molecule has 12 nitrogen and oxygen atoms in total. The average Bonchev–Trinajstić information content (AvgIpc) is 3.56. The lowest BCUT2D eigenvalue weighted by atomic mass is 9.87. The Hall–Kier alpha value is -3.95. The molecule has 330 valence electrons. The Morgan fingerprint density at radius 1 is 0.847 bits per heavy atom. The number of carbonyl (C=O) groups is 4. The third-order valence-corrected chi connectivity index (χ3v) is 11.0. The summed E-state index contributed by atoms with van der Waals surface area (Å²) in [7, 11) is 2.68. The second-order valence-electron chi connectivity index (χ2n) is 13.6. The normalized spacial score (nSPS) is 20.7. The quantitative estimate of drug-likeness (QED) is 0.0470. The van der Waals surface area contributed by atoms with E-state index in [9.17, 15) is 36.7 Å². The number of methoxy groups -OCH3 is 1. The molecule has 1 heterocycles. The Bertz CT molecular complexity index is 1540. The Labute approximate surface area is 344 Å². The molecule has 17 heteroatoms. The van der Waals surface area contributed by atoms with E-state index in [1.54, 1.807) is 18.8 Å². The Morgan fingerprint density at radius 2 is 1.42 bits per heavy atom. The first-order valence-electron chi connectivity index (χ1n) is 19.2. The van der Waals surface area contributed by atoms with Gasteiger partial charge in [-0.2, -0.15) is 17.6 Å². The van der Waals surface area contributed by atoms with Crippen LogP contribution in [0.4, 0.5) is 17.6 Å². The van der Waals surface area contributed by atoms with Gasteiger partial charge in [-0.3, -0.25) is 19.2 Å². The number of esters is 2. The third-order valence-electron chi connectivity index (χ3n) is 9.62. The number of ether oxygens (including phenoxy) is 4. The highest BCUT2D eigenvalue weighted by Gasteiger charge is 2.46. The summed E-state index contributed by atoms with van der Waals surface area (Å²) >= 11 is 0. The van der Waals surface area contributed by atoms with E-state index in [4.69, 9.17) is 33.8 Å². The van der Waals surface area contributed by atoms with Gasteiger partial charge >= 0.3 is 23.8 Å². The predicted molar refractivity (Wildman–Crippen MR) is 215 cm³/mol. The molecule has 2 aromatic rings. The highest BCUT2D eigenvalue weighted by Crippen LogP contribution is 2.42. The van der Waals surface area contributed by atoms with Crippen LogP contribution in [0.5, 0.6) is 0 Å². The molecule has 1 saturated carbocycles. The van der Waals surface area contributed by atoms with Crippen LogP contribution in [0.1, 0.15) is 82.3 Å². The summed E-state index contributed by atoms with van der Waals surface area (Å²) in [6, 6.07) is 14.1. The minimum Gasteiger partial charge on any atom is -0.469 e. The number of benzene rings is 2. The minimum atomic E-state index is -3.66. The summed E-state index contributed by atoms with van der Waals surface area (Å²) in [5, 5.41) is 7.00. The molecule has 1 aliphatic carbocycles. The van der Waals surface area contributed by atoms with E-state index in [0.29, 0.717) is 32.3 Å². The van der Waals surface area contributed by atoms with Crippen LogP contribution in [-0.2, 0) is 54.5 Å². The number of allylic oxidation sites excluding steroid dienone is 1. The monoisotopic (exact) mass is 860 g/mol. The summed E-state index contributed by atoms with van der Waals surface area (Å²) in [5.41, 5.74) is -0.629. The zero-order valence-corrected chi connectivity index (χ0v) is 35.1. The molecule has 0 spiro atoms. The van der Waals surface area contributed by atoms with Crippen LogP contribution < -0.4 is 0 Å². The molecule has 1 aliphatic heterocycles. The molecule has 2 unspecified atom stereocenters. The van der Waals surface area contributed by atoms with E-state index in [-0.39, 0.29) is 29.2 Å². The fourth-order valence-electron chi connectivity index (χ4n) is 6.61. The first kappa shape index (κ1) is 53.1. The number of unbranched alkanes of at least 4 members (excludes halogenated alkanes) is 3. The molecular weight excluding hydrogens is 803 g/mol. The summed E-state index contributed by atoms with van der Waals surface area (Å²) in [5.74, 6) is -10.8. The lowest BCUT2D eigenvalue weighted by molar-refractivity contribution is -0.193. The standard InChI is InChI=1S/C30H40F2O7.C11H13F2O2P.CH4O.O2/c1-21(33)38-25-20-26(39-29-16-10-11-19-37-29)24(23(25)14-8-3-4-9-15-28(35)36-2)17-18-27(34)30(31,32)22-12-6-5-7-13-22;1-15-16(2)8-10(14)11(12,13)9-6-4-3-5-7-9;2*1-2/h5-7,12-13,17-18,23-26,29H,3-4,8-11,14-16,19-20H2,1-2H3;3-7H,8H2,1-2H3;2H,1H3;/b18-17+;;;/t23-,24-,25+,26-,29?;;;/m1.../s1. The molecule has 2 aliphatic rings. The molecule has 2 fully saturated rings. The number of aliphatic hydroxyl groups excluding tert-OH is 1. The lowest BCUT2D eigenvalue weighted by Gasteiger charge is -2.29. The maximum Gasteiger partial charge on any atom is 0.334 e. The van der Waals surface area contributed by atoms with Gasteiger partial charge in [0.15, 0.2) is 6.29 Å². The fraction of sp³-hybridized carbons (Fsp3) is 0.571. The van der Waals surface area contributed by atoms with Gasteiger partial charge in [0.1, 0.15) is 6.10 Å². The molecule has 2 aromatic carbocycles. The van der Waals surface area contributed by atoms with Crippen LogP contribution in [-0.4, -0.2) is 87.9 Å². The summed E-state index contributed by atoms with van der Waals surface area (Å²) in [4.78, 5) is 61.3. The van der Waals surface area contributed by atoms with Gasteiger partial charge in [-0.05, 0) is 44.8 Å². The van der Waals surface area contributed by atoms with E-state index in [1.165, 1.54) is 75.8 Å². The molecule has 1 N–H and O–H groups in total. The van der Waals surface area contributed by atoms with Gasteiger partial charge in [-0.25, -0.2) is 0 Å². The van der Waals surface area contributed by atoms with Crippen LogP contribution in [0, 0.1) is 21.8 Å². The van der Waals surface area contributed by atoms with Crippen molar-refractivity contribution in [3.8, 4) is 0 Å². The topological polar surface area (TPSA) is 169 Å². The largest absolute Gasteiger partial charge is 0.469 e. The first-order valence-corrected chi connectivity index (χ1v) is 21.1. The number of carbonyl (C=O) groups excluding carboxylic acids is 4. The number of hydrogen-bond donors (Lipinski definition) is 1. The van der Waals surface area contributed by atoms with E-state index >= 15 is 0 Å². The van der Waals surface area contributed by atoms with E-state index in [0.717, 1.165) is 51.7 Å². The molecule has 0 bridgehead atoms. The van der Waals surface area contributed by atoms with Crippen molar-refractivity contribution in [2.24, 2.45) is 11.8 Å². The zero-order chi connectivity index (χ0) is 44.4. The number of hydrogen-bond acceptors (Lipinski definition) is 12. The third kappa shape index (κ3) is 18.1. The lowest BCUT2D eigenvalue weighted by Crippen LogP contribution is -2.31. The first-order chi connectivity index (χ1) is 28.2. The molecule has 0 radical (unpaired) electrons. The van der Waals surface area contributed by atoms with Crippen LogP contribution in [0.15, 0.2) is 72.8 Å². The second kappa shape index (κ2) is 28.5. The van der Waals surface area contributed by atoms with Gasteiger partial charge in [0.25, 0.3) is 0 Å². The van der Waals surface area contributed by atoms with Crippen molar-refractivity contribution < 1.29 is 65.3 Å². The van der Waals surface area contributed by atoms with Crippen molar-refractivity contribution in [1.29, 1.82) is 0 Å². The Balaban J connectivity index is 0.000000725. The van der Waals surface area contributed by atoms with Crippen molar-refractivity contribution >= 4 is 31.7 Å². The van der Waals surface area contributed by atoms with Crippen molar-refractivity contribution in [3.05, 3.63) is 93.9 Å². The number of ketones is 2. The molecule has 6 atom stereocenters. The van der Waals surface area contributed by atoms with Crippen molar-refractivity contribution in [2.75, 3.05) is 40.8 Å². The number of rotatable bonds is 19. The van der Waals surface area contributed by atoms with Gasteiger partial charge in [0.2, 0.25) is 11.6 Å². The van der Waals surface area contributed by atoms with Gasteiger partial charge < -0.3 is 28.6 Å². The van der Waals surface area contributed by atoms with Crippen LogP contribution in [0.3, 0.4) is 0 Å². The van der Waals surface area contributed by atoms with Crippen molar-refractivity contribution in [2.45, 2.75) is 101 Å². The molecule has 59 heavy (non-hydrogen) atoms. The fourth-order valence-corrected chi connectivity index (χ4v) is 7.34. The molecule has 4 rings (SSSR count). The molecule has 0 aromatic heterocycles. The zero-order valence-electron chi connectivity index (χ0n) is 34.2. The van der Waals surface area contributed by atoms with Crippen molar-refractivity contribution in [1.82, 2.24) is 0 Å². The number of Topliss-reactive ketones (excluding diaryl/α,β-unsaturated/α-hetero) is 1. The average molecular weight is 861 g/mol. The maximum absolute atomic E-state index is 14.9. The van der Waals surface area contributed by atoms with Crippen LogP contribution in [0.25, 0.3) is 0 Å². The Morgan fingerprint density at radius 3 is 1.95 bits per heavy atom. The summed E-state index contributed by atoms with van der Waals surface area (Å²) in [6.45, 7) is 3.58. The van der Waals surface area contributed by atoms with E-state index in [1.807, 2.05) is 0 Å². The highest BCUT2D eigenvalue weighted by atomic mass is 31.1. The number of aliphatic hydroxyl groups is 1. The van der Waals surface area contributed by atoms with E-state index < -0.39 is 61.9 Å². The molecule has 0 amide bonds. The van der Waals surface area contributed by atoms with Crippen molar-refractivity contribution in [3.63, 3.8) is 0 Å². The Kier molecular flexibility index (Phi) is 25.6. The smallest absolute Gasteiger partial charge is 0.334 e. The maximum atomic E-state index is 14.9. The minimum absolute atomic E-state index is 0.211. The molecule has 1 saturated heterocycles. The van der Waals surface area contributed by atoms with Crippen LogP contribution in [0.2, 0.25) is 0 Å². The highest BCUT2D eigenvalue weighted by molar-refractivity contribution is 7.52. The van der Waals surface area contributed by atoms with Crippen LogP contribution >= 0.6 is 8.15 Å². The summed E-state index contributed by atoms with van der Waals surface area (Å²) in [6.07, 6.45) is 8.11. The number of alkyl halides is 4. The van der Waals surface area contributed by atoms with E-state index in [2.05, 4.69) is 4.74 Å². The van der Waals surface area contributed by atoms with Gasteiger partial charge in [0, 0.05) is 81.6 Å². The van der Waals surface area contributed by atoms with Gasteiger partial charge in [0.05, 0.1) is 19.4 Å². The summed E-state index contributed by atoms with van der Waals surface area (Å²) < 4.78 is 84.3. The second-order valence-corrected chi connectivity index (χ2v) is 15.6. The van der Waals surface area contributed by atoms with Gasteiger partial charge in [-0.15, -0.1) is 0 Å². The molecular formula is C42H57F4O12P.